The van der Waals surface area contributed by atoms with E-state index in [0.29, 0.717) is 0 Å². The smallest absolute Gasteiger partial charge is 1.00 e. The topological polar surface area (TPSA) is 196 Å². The van der Waals surface area contributed by atoms with E-state index in [2.05, 4.69) is 0 Å². The molecule has 0 bridgehead atoms. The van der Waals surface area contributed by atoms with Crippen LogP contribution in [0.4, 0.5) is 0 Å². The van der Waals surface area contributed by atoms with Gasteiger partial charge in [-0.05, 0) is 6.92 Å². The van der Waals surface area contributed by atoms with Crippen LogP contribution < -0.4 is 0 Å². The van der Waals surface area contributed by atoms with Gasteiger partial charge in [-0.1, -0.05) is 0 Å². The van der Waals surface area contributed by atoms with Crippen LogP contribution in [0.25, 0.3) is 0 Å². The zero-order valence-corrected chi connectivity index (χ0v) is 15.8. The third-order valence-corrected chi connectivity index (χ3v) is 1.87. The molecule has 0 aliphatic heterocycles. The Morgan fingerprint density at radius 1 is 0.905 bits per heavy atom. The van der Waals surface area contributed by atoms with Crippen LogP contribution in [0, 0.1) is 0 Å². The van der Waals surface area contributed by atoms with E-state index in [0.717, 1.165) is 0 Å². The van der Waals surface area contributed by atoms with E-state index in [1.807, 2.05) is 0 Å². The minimum absolute atomic E-state index is 0. The van der Waals surface area contributed by atoms with E-state index in [-0.39, 0.29) is 81.2 Å². The molecule has 0 fully saturated rings. The summed E-state index contributed by atoms with van der Waals surface area (Å²) in [5.41, 5.74) is 0. The number of aliphatic carboxylic acids is 2. The zero-order valence-electron chi connectivity index (χ0n) is 15.4. The summed E-state index contributed by atoms with van der Waals surface area (Å²) in [6.45, 7) is 0.354. The summed E-state index contributed by atoms with van der Waals surface area (Å²) in [4.78, 5) is 19.5. The molecule has 0 saturated carbocycles. The zero-order chi connectivity index (χ0) is 15.7. The molecule has 0 spiro atoms. The van der Waals surface area contributed by atoms with Gasteiger partial charge in [0.25, 0.3) is 0 Å². The second kappa shape index (κ2) is 16.1. The van der Waals surface area contributed by atoms with E-state index in [4.69, 9.17) is 40.9 Å². The Labute approximate surface area is 186 Å². The monoisotopic (exact) mass is 370 g/mol. The molecule has 122 valence electrons. The van der Waals surface area contributed by atoms with Crippen LogP contribution in [-0.2, 0) is 9.59 Å². The van der Waals surface area contributed by atoms with Gasteiger partial charge >= 0.3 is 87.4 Å². The number of hydrogen-bond acceptors (Lipinski definition) is 8. The first-order chi connectivity index (χ1) is 8.56. The van der Waals surface area contributed by atoms with Gasteiger partial charge in [0.15, 0.2) is 6.10 Å². The van der Waals surface area contributed by atoms with Crippen molar-refractivity contribution in [3.05, 3.63) is 0 Å². The van der Waals surface area contributed by atoms with Crippen molar-refractivity contribution in [2.45, 2.75) is 37.4 Å². The molecule has 0 rings (SSSR count). The van der Waals surface area contributed by atoms with Crippen molar-refractivity contribution in [2.75, 3.05) is 6.61 Å². The molecule has 0 heterocycles. The average molecular weight is 370 g/mol. The van der Waals surface area contributed by atoms with E-state index >= 15 is 0 Å². The number of rotatable bonds is 6. The third kappa shape index (κ3) is 14.5. The van der Waals surface area contributed by atoms with Gasteiger partial charge in [0.2, 0.25) is 0 Å². The maximum absolute atomic E-state index is 10.1. The first kappa shape index (κ1) is 30.1. The molecule has 0 saturated heterocycles. The Hall–Kier alpha value is 1.22. The summed E-state index contributed by atoms with van der Waals surface area (Å²) < 4.78 is 0. The Bertz CT molecular complexity index is 304. The molecular formula is C9H22Ca2O10. The number of carbonyl (C=O) groups is 2. The first-order valence-electron chi connectivity index (χ1n) is 5.03. The molecule has 0 aromatic heterocycles. The minimum Gasteiger partial charge on any atom is -1.00 e. The van der Waals surface area contributed by atoms with Crippen molar-refractivity contribution >= 4 is 87.4 Å². The normalized spacial score (nSPS) is 16.5. The number of aliphatic hydroxyl groups is 6. The predicted octanol–water partition coefficient (Wildman–Crippen LogP) is -4.35. The van der Waals surface area contributed by atoms with Gasteiger partial charge in [0.05, 0.1) is 6.61 Å². The molecule has 1 unspecified atom stereocenters. The largest absolute Gasteiger partial charge is 2.00 e. The number of hydrogen-bond donors (Lipinski definition) is 8. The van der Waals surface area contributed by atoms with E-state index in [1.165, 1.54) is 6.92 Å². The van der Waals surface area contributed by atoms with Crippen molar-refractivity contribution in [3.63, 3.8) is 0 Å². The van der Waals surface area contributed by atoms with Crippen molar-refractivity contribution in [1.82, 2.24) is 0 Å². The van der Waals surface area contributed by atoms with Gasteiger partial charge in [-0.15, -0.1) is 0 Å². The summed E-state index contributed by atoms with van der Waals surface area (Å²) in [5, 5.41) is 67.6. The molecule has 0 aliphatic rings. The van der Waals surface area contributed by atoms with Gasteiger partial charge in [-0.2, -0.15) is 0 Å². The van der Waals surface area contributed by atoms with Gasteiger partial charge < -0.3 is 46.6 Å². The van der Waals surface area contributed by atoms with E-state index in [1.54, 1.807) is 0 Å². The van der Waals surface area contributed by atoms with Crippen molar-refractivity contribution in [3.8, 4) is 0 Å². The fourth-order valence-electron chi connectivity index (χ4n) is 0.668. The quantitative estimate of drug-likeness (QED) is 0.212. The molecule has 0 aromatic carbocycles. The molecule has 10 nitrogen and oxygen atoms in total. The van der Waals surface area contributed by atoms with E-state index in [9.17, 15) is 9.59 Å². The molecule has 0 radical (unpaired) electrons. The van der Waals surface area contributed by atoms with Crippen LogP contribution >= 0.6 is 0 Å². The van der Waals surface area contributed by atoms with Crippen LogP contribution in [0.15, 0.2) is 0 Å². The molecule has 12 heteroatoms. The van der Waals surface area contributed by atoms with Crippen molar-refractivity contribution in [2.24, 2.45) is 0 Å². The third-order valence-electron chi connectivity index (χ3n) is 1.87. The van der Waals surface area contributed by atoms with Crippen LogP contribution in [0.1, 0.15) is 12.6 Å². The maximum Gasteiger partial charge on any atom is 2.00 e. The molecule has 8 N–H and O–H groups in total. The molecule has 5 atom stereocenters. The summed E-state index contributed by atoms with van der Waals surface area (Å²) in [7, 11) is 0. The Morgan fingerprint density at radius 3 is 1.43 bits per heavy atom. The van der Waals surface area contributed by atoms with Crippen LogP contribution in [0.2, 0.25) is 0 Å². The summed E-state index contributed by atoms with van der Waals surface area (Å²) >= 11 is 0. The fraction of sp³-hybridized carbons (Fsp3) is 0.778. The van der Waals surface area contributed by atoms with Crippen molar-refractivity contribution in [1.29, 1.82) is 0 Å². The fourth-order valence-corrected chi connectivity index (χ4v) is 0.668. The predicted molar refractivity (Wildman–Crippen MR) is 74.0 cm³/mol. The van der Waals surface area contributed by atoms with Crippen LogP contribution in [-0.4, -0.2) is 165 Å². The molecule has 21 heavy (non-hydrogen) atoms. The SMILES string of the molecule is CC(O)C(=O)O.O=C(O)[C@H](O)[C@@H](O)[C@H](O)[C@H](O)CO.[Ca+2].[Ca+2].[H-].[H-].[H-].[H-]. The molecule has 0 aliphatic carbocycles. The Kier molecular flexibility index (Phi) is 23.1. The minimum atomic E-state index is -2.20. The first-order valence-corrected chi connectivity index (χ1v) is 5.03. The summed E-state index contributed by atoms with van der Waals surface area (Å²) in [6, 6.07) is 0. The van der Waals surface area contributed by atoms with Gasteiger partial charge in [0, 0.05) is 0 Å². The van der Waals surface area contributed by atoms with Crippen molar-refractivity contribution < 1.29 is 56.1 Å². The number of carboxylic acids is 2. The molecule has 0 aromatic rings. The Balaban J connectivity index is -0.0000000358. The van der Waals surface area contributed by atoms with E-state index < -0.39 is 49.1 Å². The van der Waals surface area contributed by atoms with Gasteiger partial charge in [-0.3, -0.25) is 0 Å². The van der Waals surface area contributed by atoms with Crippen LogP contribution in [0.3, 0.4) is 0 Å². The Morgan fingerprint density at radius 2 is 1.24 bits per heavy atom. The molecule has 0 amide bonds. The van der Waals surface area contributed by atoms with Gasteiger partial charge in [-0.25, -0.2) is 9.59 Å². The van der Waals surface area contributed by atoms with Gasteiger partial charge in [0.1, 0.15) is 24.4 Å². The molecular weight excluding hydrogens is 348 g/mol. The number of carboxylic acid groups (broad SMARTS) is 2. The maximum atomic E-state index is 10.1. The summed E-state index contributed by atoms with van der Waals surface area (Å²) in [5.74, 6) is -2.91. The van der Waals surface area contributed by atoms with Crippen LogP contribution in [0.5, 0.6) is 0 Å². The average Bonchev–Trinajstić information content (AvgIpc) is 2.35. The second-order valence-electron chi connectivity index (χ2n) is 3.53. The number of aliphatic hydroxyl groups excluding tert-OH is 6. The summed E-state index contributed by atoms with van der Waals surface area (Å²) in [6.07, 6.45) is -9.07. The second-order valence-corrected chi connectivity index (χ2v) is 3.53. The standard InChI is InChI=1S/C6H12O7.C3H6O3.2Ca.4H/c7-1-2(8)3(9)4(10)5(11)6(12)13;1-2(4)3(5)6;;;;;;/h2-5,7-11H,1H2,(H,12,13);2,4H,1H3,(H,5,6);;;;;;/q;;2*+2;4*-1/t2-,3-,4+,5-;;;;;;;/m1......./s1.